The predicted molar refractivity (Wildman–Crippen MR) is 99.8 cm³/mol. The van der Waals surface area contributed by atoms with Crippen molar-refractivity contribution in [2.24, 2.45) is 5.92 Å². The summed E-state index contributed by atoms with van der Waals surface area (Å²) in [6, 6.07) is 0. The second-order valence-corrected chi connectivity index (χ2v) is 7.72. The van der Waals surface area contributed by atoms with Crippen molar-refractivity contribution in [1.29, 1.82) is 0 Å². The summed E-state index contributed by atoms with van der Waals surface area (Å²) in [5.41, 5.74) is -7.02. The van der Waals surface area contributed by atoms with Crippen LogP contribution in [-0.2, 0) is 19.1 Å². The van der Waals surface area contributed by atoms with E-state index in [4.69, 9.17) is 4.74 Å². The van der Waals surface area contributed by atoms with Gasteiger partial charge in [0, 0.05) is 6.42 Å². The molecule has 0 saturated heterocycles. The number of alkyl halides is 11. The van der Waals surface area contributed by atoms with Crippen molar-refractivity contribution < 1.29 is 67.4 Å². The molecule has 4 nitrogen and oxygen atoms in total. The Morgan fingerprint density at radius 2 is 1.26 bits per heavy atom. The van der Waals surface area contributed by atoms with Crippen LogP contribution in [0.4, 0.5) is 48.3 Å². The van der Waals surface area contributed by atoms with Gasteiger partial charge in [-0.3, -0.25) is 9.59 Å². The molecule has 0 bridgehead atoms. The Hall–Kier alpha value is -1.83. The van der Waals surface area contributed by atoms with Crippen molar-refractivity contribution in [3.63, 3.8) is 0 Å². The molecule has 0 aliphatic carbocycles. The van der Waals surface area contributed by atoms with Gasteiger partial charge in [0.1, 0.15) is 0 Å². The monoisotopic (exact) mass is 540 g/mol. The van der Waals surface area contributed by atoms with Gasteiger partial charge >= 0.3 is 42.3 Å². The summed E-state index contributed by atoms with van der Waals surface area (Å²) >= 11 is 0. The van der Waals surface area contributed by atoms with Crippen LogP contribution in [0.25, 0.3) is 0 Å². The number of esters is 2. The summed E-state index contributed by atoms with van der Waals surface area (Å²) < 4.78 is 155. The van der Waals surface area contributed by atoms with Crippen molar-refractivity contribution in [3.05, 3.63) is 0 Å². The van der Waals surface area contributed by atoms with E-state index in [2.05, 4.69) is 4.74 Å². The molecule has 0 radical (unpaired) electrons. The zero-order valence-corrected chi connectivity index (χ0v) is 18.9. The summed E-state index contributed by atoms with van der Waals surface area (Å²) in [4.78, 5) is 23.7. The first-order valence-electron chi connectivity index (χ1n) is 10.6. The van der Waals surface area contributed by atoms with Crippen LogP contribution in [0.5, 0.6) is 0 Å². The lowest BCUT2D eigenvalue weighted by atomic mass is 9.82. The fourth-order valence-corrected chi connectivity index (χ4v) is 2.95. The van der Waals surface area contributed by atoms with Gasteiger partial charge < -0.3 is 9.47 Å². The van der Waals surface area contributed by atoms with Gasteiger partial charge in [-0.25, -0.2) is 30.7 Å². The summed E-state index contributed by atoms with van der Waals surface area (Å²) in [5, 5.41) is 0. The molecule has 0 aliphatic rings. The maximum Gasteiger partial charge on any atom is 0.352 e. The molecule has 0 saturated carbocycles. The van der Waals surface area contributed by atoms with Gasteiger partial charge in [-0.2, -0.15) is 17.6 Å². The van der Waals surface area contributed by atoms with Crippen molar-refractivity contribution in [3.8, 4) is 0 Å². The molecule has 0 spiro atoms. The molecule has 0 aromatic heterocycles. The van der Waals surface area contributed by atoms with Gasteiger partial charge in [-0.1, -0.05) is 33.1 Å². The van der Waals surface area contributed by atoms with E-state index in [1.165, 1.54) is 6.92 Å². The third kappa shape index (κ3) is 7.83. The zero-order chi connectivity index (χ0) is 27.7. The molecule has 0 aliphatic heterocycles. The second kappa shape index (κ2) is 13.5. The topological polar surface area (TPSA) is 52.6 Å². The molecule has 15 heteroatoms. The lowest BCUT2D eigenvalue weighted by Gasteiger charge is -2.42. The highest BCUT2D eigenvalue weighted by Crippen LogP contribution is 2.58. The van der Waals surface area contributed by atoms with Crippen molar-refractivity contribution in [2.45, 2.75) is 95.1 Å². The maximum absolute atomic E-state index is 14.3. The van der Waals surface area contributed by atoms with Gasteiger partial charge in [-0.05, 0) is 12.8 Å². The van der Waals surface area contributed by atoms with Crippen LogP contribution in [0.1, 0.15) is 58.8 Å². The first kappa shape index (κ1) is 33.2. The molecule has 208 valence electrons. The summed E-state index contributed by atoms with van der Waals surface area (Å²) in [6.45, 7) is 1.65. The molecule has 0 aromatic carbocycles. The maximum atomic E-state index is 14.3. The van der Waals surface area contributed by atoms with Crippen LogP contribution in [0, 0.1) is 5.92 Å². The average molecular weight is 540 g/mol. The van der Waals surface area contributed by atoms with Crippen molar-refractivity contribution in [2.75, 3.05) is 13.2 Å². The quantitative estimate of drug-likeness (QED) is 0.119. The Balaban J connectivity index is 5.25. The van der Waals surface area contributed by atoms with E-state index in [1.54, 1.807) is 0 Å². The van der Waals surface area contributed by atoms with Gasteiger partial charge in [0.15, 0.2) is 0 Å². The fraction of sp³-hybridized carbons (Fsp3) is 0.900. The van der Waals surface area contributed by atoms with Gasteiger partial charge in [0.25, 0.3) is 5.92 Å². The average Bonchev–Trinajstić information content (AvgIpc) is 2.75. The van der Waals surface area contributed by atoms with E-state index in [0.29, 0.717) is 6.42 Å². The van der Waals surface area contributed by atoms with Crippen LogP contribution in [0.3, 0.4) is 0 Å². The number of rotatable bonds is 17. The van der Waals surface area contributed by atoms with E-state index in [-0.39, 0.29) is 13.0 Å². The first-order chi connectivity index (χ1) is 15.9. The minimum absolute atomic E-state index is 0.00780. The highest BCUT2D eigenvalue weighted by Gasteiger charge is 2.86. The van der Waals surface area contributed by atoms with Crippen LogP contribution in [0.15, 0.2) is 0 Å². The third-order valence-electron chi connectivity index (χ3n) is 5.13. The number of hydrogen-bond acceptors (Lipinski definition) is 4. The summed E-state index contributed by atoms with van der Waals surface area (Å²) in [6.07, 6.45) is -11.2. The Labute approximate surface area is 194 Å². The van der Waals surface area contributed by atoms with Gasteiger partial charge in [-0.15, -0.1) is 0 Å². The number of ether oxygens (including phenoxy) is 2. The van der Waals surface area contributed by atoms with Crippen LogP contribution < -0.4 is 0 Å². The summed E-state index contributed by atoms with van der Waals surface area (Å²) in [7, 11) is 0. The predicted octanol–water partition coefficient (Wildman–Crippen LogP) is 6.60. The van der Waals surface area contributed by atoms with Crippen LogP contribution in [-0.4, -0.2) is 61.4 Å². The smallest absolute Gasteiger partial charge is 0.352 e. The van der Waals surface area contributed by atoms with Crippen molar-refractivity contribution >= 4 is 11.9 Å². The highest BCUT2D eigenvalue weighted by atomic mass is 19.3. The van der Waals surface area contributed by atoms with Crippen LogP contribution in [0.2, 0.25) is 0 Å². The molecule has 0 heterocycles. The Bertz CT molecular complexity index is 651. The summed E-state index contributed by atoms with van der Waals surface area (Å²) in [5.74, 6) is -23.4. The Morgan fingerprint density at radius 1 is 0.743 bits per heavy atom. The lowest BCUT2D eigenvalue weighted by molar-refractivity contribution is -0.372. The van der Waals surface area contributed by atoms with Gasteiger partial charge in [0.05, 0.1) is 25.6 Å². The number of unbranched alkanes of at least 4 members (excludes halogenated alkanes) is 3. The molecule has 1 atom stereocenters. The number of halogens is 11. The molecular formula is C20H27F11O4. The Morgan fingerprint density at radius 3 is 1.69 bits per heavy atom. The zero-order valence-electron chi connectivity index (χ0n) is 18.9. The molecule has 0 aromatic rings. The molecule has 0 N–H and O–H groups in total. The molecule has 0 fully saturated rings. The molecule has 35 heavy (non-hydrogen) atoms. The Kier molecular flexibility index (Phi) is 12.8. The first-order valence-corrected chi connectivity index (χ1v) is 10.6. The minimum Gasteiger partial charge on any atom is -0.465 e. The standard InChI is InChI=1S/C20H27F11O4/c1-3-5-6-7-9-35-14(33)12(4-2)11-13(32)34-10-8-17(25,26)20(31,18(27,28)15(21)22)19(29,30)16(23)24/h12,15-16H,3-11H2,1-2H3. The number of hydrogen-bond donors (Lipinski definition) is 0. The normalized spacial score (nSPS) is 14.4. The van der Waals surface area contributed by atoms with E-state index in [0.717, 1.165) is 19.3 Å². The van der Waals surface area contributed by atoms with E-state index < -0.39 is 73.6 Å². The van der Waals surface area contributed by atoms with Crippen molar-refractivity contribution in [1.82, 2.24) is 0 Å². The lowest BCUT2D eigenvalue weighted by Crippen LogP contribution is -2.71. The van der Waals surface area contributed by atoms with E-state index in [1.807, 2.05) is 6.92 Å². The third-order valence-corrected chi connectivity index (χ3v) is 5.13. The molecular weight excluding hydrogens is 513 g/mol. The minimum atomic E-state index is -7.02. The molecule has 1 unspecified atom stereocenters. The molecule has 0 rings (SSSR count). The van der Waals surface area contributed by atoms with E-state index in [9.17, 15) is 57.9 Å². The molecule has 0 amide bonds. The highest BCUT2D eigenvalue weighted by molar-refractivity contribution is 5.79. The second-order valence-electron chi connectivity index (χ2n) is 7.72. The fourth-order valence-electron chi connectivity index (χ4n) is 2.95. The van der Waals surface area contributed by atoms with Gasteiger partial charge in [0.2, 0.25) is 0 Å². The number of carbonyl (C=O) groups excluding carboxylic acids is 2. The van der Waals surface area contributed by atoms with Crippen LogP contribution >= 0.6 is 0 Å². The van der Waals surface area contributed by atoms with E-state index >= 15 is 0 Å². The SMILES string of the molecule is CCCCCCOC(=O)C(CC)CC(=O)OCCC(F)(F)C(F)(C(F)(F)C(F)F)C(F)(F)C(F)F. The number of carbonyl (C=O) groups is 2. The largest absolute Gasteiger partial charge is 0.465 e.